The van der Waals surface area contributed by atoms with Crippen LogP contribution in [-0.4, -0.2) is 41.1 Å². The Kier molecular flexibility index (Phi) is 6.77. The molecule has 1 aromatic heterocycles. The first-order valence-corrected chi connectivity index (χ1v) is 14.3. The molecule has 3 aromatic carbocycles. The Hall–Kier alpha value is -3.11. The molecule has 0 radical (unpaired) electrons. The molecule has 194 valence electrons. The highest BCUT2D eigenvalue weighted by Gasteiger charge is 2.52. The van der Waals surface area contributed by atoms with Crippen LogP contribution in [0.3, 0.4) is 0 Å². The van der Waals surface area contributed by atoms with Crippen LogP contribution in [0, 0.1) is 0 Å². The molecule has 0 aliphatic carbocycles. The number of nitrogens with two attached hydrogens (primary N) is 1. The van der Waals surface area contributed by atoms with Gasteiger partial charge in [0.1, 0.15) is 40.6 Å². The van der Waals surface area contributed by atoms with Gasteiger partial charge in [-0.3, -0.25) is 9.69 Å². The molecule has 0 spiro atoms. The number of benzene rings is 3. The van der Waals surface area contributed by atoms with Gasteiger partial charge in [0, 0.05) is 32.2 Å². The van der Waals surface area contributed by atoms with Gasteiger partial charge in [0.15, 0.2) is 0 Å². The molecule has 38 heavy (non-hydrogen) atoms. The van der Waals surface area contributed by atoms with Gasteiger partial charge in [0.2, 0.25) is 5.91 Å². The topological polar surface area (TPSA) is 95.0 Å². The van der Waals surface area contributed by atoms with Crippen molar-refractivity contribution in [1.29, 1.82) is 0 Å². The molecule has 2 atom stereocenters. The lowest BCUT2D eigenvalue weighted by Crippen LogP contribution is -2.68. The molecule has 0 saturated carbocycles. The number of β-lactam (4-membered cyclic amide) rings is 1. The number of ether oxygens (including phenoxy) is 2. The largest absolute Gasteiger partial charge is 0.497 e. The maximum atomic E-state index is 13.3. The Morgan fingerprint density at radius 2 is 1.82 bits per heavy atom. The number of alkyl halides is 1. The smallest absolute Gasteiger partial charge is 0.356 e. The maximum absolute atomic E-state index is 13.3. The monoisotopic (exact) mass is 566 g/mol. The Morgan fingerprint density at radius 1 is 1.11 bits per heavy atom. The number of furan rings is 1. The summed E-state index contributed by atoms with van der Waals surface area (Å²) in [5.41, 5.74) is 9.60. The minimum Gasteiger partial charge on any atom is -0.497 e. The number of carbonyl (C=O) groups is 2. The van der Waals surface area contributed by atoms with Gasteiger partial charge in [-0.2, -0.15) is 0 Å². The SMILES string of the molecule is COc1ccc(COC(=O)C2=C(Sc3ccc4c(c3)oc3cc(CCl)ccc34)CS[C@H]3[C@H](N)C(=O)N23)cc1. The summed E-state index contributed by atoms with van der Waals surface area (Å²) in [6.45, 7) is 0.0748. The van der Waals surface area contributed by atoms with Crippen molar-refractivity contribution in [2.75, 3.05) is 12.9 Å². The molecule has 0 unspecified atom stereocenters. The van der Waals surface area contributed by atoms with Crippen molar-refractivity contribution in [1.82, 2.24) is 4.90 Å². The van der Waals surface area contributed by atoms with Crippen molar-refractivity contribution in [3.05, 3.63) is 82.4 Å². The highest BCUT2D eigenvalue weighted by atomic mass is 35.5. The molecule has 1 fully saturated rings. The third kappa shape index (κ3) is 4.43. The Balaban J connectivity index is 1.30. The van der Waals surface area contributed by atoms with E-state index in [1.165, 1.54) is 16.7 Å². The summed E-state index contributed by atoms with van der Waals surface area (Å²) < 4.78 is 16.9. The van der Waals surface area contributed by atoms with Crippen LogP contribution in [0.5, 0.6) is 5.75 Å². The quantitative estimate of drug-likeness (QED) is 0.175. The summed E-state index contributed by atoms with van der Waals surface area (Å²) in [5.74, 6) is 0.843. The Morgan fingerprint density at radius 3 is 2.55 bits per heavy atom. The lowest BCUT2D eigenvalue weighted by Gasteiger charge is -2.48. The fourth-order valence-electron chi connectivity index (χ4n) is 4.59. The van der Waals surface area contributed by atoms with E-state index >= 15 is 0 Å². The number of nitrogens with zero attached hydrogens (tertiary/aromatic N) is 1. The lowest BCUT2D eigenvalue weighted by molar-refractivity contribution is -0.151. The highest BCUT2D eigenvalue weighted by molar-refractivity contribution is 8.06. The molecule has 1 saturated heterocycles. The third-order valence-electron chi connectivity index (χ3n) is 6.60. The van der Waals surface area contributed by atoms with E-state index in [4.69, 9.17) is 31.2 Å². The number of fused-ring (bicyclic) bond motifs is 4. The zero-order valence-electron chi connectivity index (χ0n) is 20.3. The Bertz CT molecular complexity index is 1600. The third-order valence-corrected chi connectivity index (χ3v) is 9.47. The fourth-order valence-corrected chi connectivity index (χ4v) is 7.20. The number of halogens is 1. The van der Waals surface area contributed by atoms with Crippen molar-refractivity contribution in [3.8, 4) is 5.75 Å². The average Bonchev–Trinajstić information content (AvgIpc) is 3.32. The molecule has 4 aromatic rings. The minimum absolute atomic E-state index is 0.0748. The van der Waals surface area contributed by atoms with Crippen molar-refractivity contribution < 1.29 is 23.5 Å². The second kappa shape index (κ2) is 10.2. The highest BCUT2D eigenvalue weighted by Crippen LogP contribution is 2.45. The fraction of sp³-hybridized carbons (Fsp3) is 0.214. The summed E-state index contributed by atoms with van der Waals surface area (Å²) in [6.07, 6.45) is 0. The van der Waals surface area contributed by atoms with Crippen LogP contribution in [0.25, 0.3) is 21.9 Å². The van der Waals surface area contributed by atoms with Crippen molar-refractivity contribution in [2.24, 2.45) is 5.73 Å². The lowest BCUT2D eigenvalue weighted by atomic mass is 10.1. The van der Waals surface area contributed by atoms with Crippen LogP contribution >= 0.6 is 35.1 Å². The standard InChI is InChI=1S/C28H23ClN2O5S2/c1-34-17-5-2-15(3-6-17)13-35-28(33)25-23(14-37-27-24(30)26(32)31(25)27)38-18-7-9-20-19-8-4-16(12-29)10-21(19)36-22(20)11-18/h2-11,24,27H,12-14,30H2,1H3/t24-,27+/m1/s1. The molecule has 2 aliphatic rings. The van der Waals surface area contributed by atoms with Gasteiger partial charge in [-0.05, 0) is 47.5 Å². The summed E-state index contributed by atoms with van der Waals surface area (Å²) in [4.78, 5) is 29.1. The first-order chi connectivity index (χ1) is 18.5. The van der Waals surface area contributed by atoms with E-state index in [1.807, 2.05) is 48.5 Å². The molecule has 2 aliphatic heterocycles. The predicted molar refractivity (Wildman–Crippen MR) is 150 cm³/mol. The normalized spacial score (nSPS) is 19.0. The van der Waals surface area contributed by atoms with E-state index in [-0.39, 0.29) is 23.6 Å². The maximum Gasteiger partial charge on any atom is 0.356 e. The van der Waals surface area contributed by atoms with Gasteiger partial charge in [-0.1, -0.05) is 36.0 Å². The zero-order valence-corrected chi connectivity index (χ0v) is 22.7. The second-order valence-electron chi connectivity index (χ2n) is 8.96. The number of amides is 1. The van der Waals surface area contributed by atoms with E-state index in [1.54, 1.807) is 31.0 Å². The van der Waals surface area contributed by atoms with Crippen molar-refractivity contribution in [3.63, 3.8) is 0 Å². The van der Waals surface area contributed by atoms with Crippen molar-refractivity contribution in [2.45, 2.75) is 28.8 Å². The first-order valence-electron chi connectivity index (χ1n) is 11.9. The molecule has 1 amide bonds. The summed E-state index contributed by atoms with van der Waals surface area (Å²) >= 11 is 8.96. The summed E-state index contributed by atoms with van der Waals surface area (Å²) in [6, 6.07) is 18.6. The number of rotatable bonds is 7. The van der Waals surface area contributed by atoms with Crippen LogP contribution in [0.15, 0.2) is 80.6 Å². The van der Waals surface area contributed by atoms with Crippen LogP contribution in [-0.2, 0) is 26.8 Å². The van der Waals surface area contributed by atoms with Crippen molar-refractivity contribution >= 4 is 68.9 Å². The number of methoxy groups -OCH3 is 1. The average molecular weight is 567 g/mol. The van der Waals surface area contributed by atoms with Gasteiger partial charge in [-0.15, -0.1) is 23.4 Å². The number of hydrogen-bond acceptors (Lipinski definition) is 8. The number of esters is 1. The second-order valence-corrected chi connectivity index (χ2v) is 11.5. The molecular weight excluding hydrogens is 544 g/mol. The first kappa shape index (κ1) is 25.2. The minimum atomic E-state index is -0.624. The van der Waals surface area contributed by atoms with E-state index < -0.39 is 12.0 Å². The number of hydrogen-bond donors (Lipinski definition) is 1. The van der Waals surface area contributed by atoms with Gasteiger partial charge in [0.05, 0.1) is 7.11 Å². The van der Waals surface area contributed by atoms with Gasteiger partial charge in [0.25, 0.3) is 0 Å². The number of carbonyl (C=O) groups excluding carboxylic acids is 2. The van der Waals surface area contributed by atoms with Gasteiger partial charge < -0.3 is 19.6 Å². The molecule has 3 heterocycles. The van der Waals surface area contributed by atoms with E-state index in [0.29, 0.717) is 11.6 Å². The van der Waals surface area contributed by atoms with E-state index in [2.05, 4.69) is 0 Å². The van der Waals surface area contributed by atoms with Crippen LogP contribution in [0.2, 0.25) is 0 Å². The molecule has 2 N–H and O–H groups in total. The summed E-state index contributed by atoms with van der Waals surface area (Å²) in [5, 5.41) is 1.74. The molecule has 10 heteroatoms. The van der Waals surface area contributed by atoms with E-state index in [9.17, 15) is 9.59 Å². The van der Waals surface area contributed by atoms with Crippen LogP contribution < -0.4 is 10.5 Å². The molecule has 6 rings (SSSR count). The van der Waals surface area contributed by atoms with Crippen LogP contribution in [0.4, 0.5) is 0 Å². The zero-order chi connectivity index (χ0) is 26.4. The van der Waals surface area contributed by atoms with Crippen LogP contribution in [0.1, 0.15) is 11.1 Å². The number of thioether (sulfide) groups is 2. The van der Waals surface area contributed by atoms with Gasteiger partial charge in [-0.25, -0.2) is 4.79 Å². The molecular formula is C28H23ClN2O5S2. The van der Waals surface area contributed by atoms with E-state index in [0.717, 1.165) is 48.6 Å². The molecule has 7 nitrogen and oxygen atoms in total. The van der Waals surface area contributed by atoms with Gasteiger partial charge >= 0.3 is 5.97 Å². The summed E-state index contributed by atoms with van der Waals surface area (Å²) in [7, 11) is 1.59. The molecule has 0 bridgehead atoms. The Labute approximate surface area is 232 Å². The predicted octanol–water partition coefficient (Wildman–Crippen LogP) is 5.62.